The molecule has 1 rings (SSSR count). The maximum atomic E-state index is 10.5. The fourth-order valence-corrected chi connectivity index (χ4v) is 1.98. The summed E-state index contributed by atoms with van der Waals surface area (Å²) in [5.41, 5.74) is 2.50. The van der Waals surface area contributed by atoms with Crippen LogP contribution in [0.5, 0.6) is 0 Å². The molecule has 17 heavy (non-hydrogen) atoms. The Hall–Kier alpha value is -1.35. The molecule has 0 aliphatic heterocycles. The number of aryl methyl sites for hydroxylation is 1. The summed E-state index contributed by atoms with van der Waals surface area (Å²) in [6.45, 7) is 6.88. The summed E-state index contributed by atoms with van der Waals surface area (Å²) in [4.78, 5) is 10.5. The summed E-state index contributed by atoms with van der Waals surface area (Å²) in [7, 11) is 0. The number of carboxylic acids is 1. The molecular weight excluding hydrogens is 214 g/mol. The molecule has 0 aromatic heterocycles. The van der Waals surface area contributed by atoms with Gasteiger partial charge in [0.15, 0.2) is 0 Å². The first kappa shape index (κ1) is 13.7. The fourth-order valence-electron chi connectivity index (χ4n) is 1.98. The van der Waals surface area contributed by atoms with Crippen molar-refractivity contribution in [1.82, 2.24) is 5.32 Å². The molecule has 0 radical (unpaired) electrons. The highest BCUT2D eigenvalue weighted by Gasteiger charge is 2.16. The Bertz CT molecular complexity index is 374. The van der Waals surface area contributed by atoms with Crippen LogP contribution in [0.3, 0.4) is 0 Å². The van der Waals surface area contributed by atoms with E-state index in [1.54, 1.807) is 0 Å². The lowest BCUT2D eigenvalue weighted by molar-refractivity contribution is -0.136. The smallest absolute Gasteiger partial charge is 0.304 e. The van der Waals surface area contributed by atoms with Crippen molar-refractivity contribution in [2.24, 2.45) is 5.92 Å². The summed E-state index contributed by atoms with van der Waals surface area (Å²) < 4.78 is 0. The minimum atomic E-state index is -0.759. The SMILES string of the molecule is Cc1ccccc1C(NCCC(=O)O)C(C)C. The molecule has 0 amide bonds. The Balaban J connectivity index is 2.73. The van der Waals surface area contributed by atoms with Gasteiger partial charge in [0.1, 0.15) is 0 Å². The first-order chi connectivity index (χ1) is 8.02. The Labute approximate surface area is 103 Å². The molecule has 0 saturated carbocycles. The molecule has 1 aromatic rings. The van der Waals surface area contributed by atoms with Crippen LogP contribution in [0, 0.1) is 12.8 Å². The van der Waals surface area contributed by atoms with Crippen molar-refractivity contribution in [3.05, 3.63) is 35.4 Å². The van der Waals surface area contributed by atoms with Crippen molar-refractivity contribution in [3.63, 3.8) is 0 Å². The van der Waals surface area contributed by atoms with Crippen LogP contribution in [0.25, 0.3) is 0 Å². The lowest BCUT2D eigenvalue weighted by atomic mass is 9.92. The van der Waals surface area contributed by atoms with Gasteiger partial charge in [-0.3, -0.25) is 4.79 Å². The van der Waals surface area contributed by atoms with Crippen molar-refractivity contribution in [2.75, 3.05) is 6.54 Å². The van der Waals surface area contributed by atoms with E-state index in [-0.39, 0.29) is 12.5 Å². The van der Waals surface area contributed by atoms with Gasteiger partial charge in [0.05, 0.1) is 6.42 Å². The molecule has 0 saturated heterocycles. The van der Waals surface area contributed by atoms with Gasteiger partial charge in [-0.15, -0.1) is 0 Å². The number of nitrogens with one attached hydrogen (secondary N) is 1. The molecule has 3 heteroatoms. The van der Waals surface area contributed by atoms with E-state index in [1.807, 2.05) is 12.1 Å². The van der Waals surface area contributed by atoms with Crippen LogP contribution in [0.1, 0.15) is 37.4 Å². The Morgan fingerprint density at radius 3 is 2.53 bits per heavy atom. The normalized spacial score (nSPS) is 12.7. The van der Waals surface area contributed by atoms with Gasteiger partial charge in [-0.1, -0.05) is 38.1 Å². The van der Waals surface area contributed by atoms with E-state index >= 15 is 0 Å². The second-order valence-electron chi connectivity index (χ2n) is 4.68. The summed E-state index contributed by atoms with van der Waals surface area (Å²) in [5.74, 6) is -0.324. The maximum Gasteiger partial charge on any atom is 0.304 e. The Kier molecular flexibility index (Phi) is 5.16. The zero-order valence-electron chi connectivity index (χ0n) is 10.7. The summed E-state index contributed by atoms with van der Waals surface area (Å²) in [6.07, 6.45) is 0.162. The van der Waals surface area contributed by atoms with Crippen LogP contribution in [-0.2, 0) is 4.79 Å². The van der Waals surface area contributed by atoms with Crippen LogP contribution in [0.2, 0.25) is 0 Å². The number of carbonyl (C=O) groups is 1. The van der Waals surface area contributed by atoms with Crippen LogP contribution in [0.15, 0.2) is 24.3 Å². The predicted octanol–water partition coefficient (Wildman–Crippen LogP) is 2.76. The van der Waals surface area contributed by atoms with Crippen LogP contribution in [-0.4, -0.2) is 17.6 Å². The highest BCUT2D eigenvalue weighted by molar-refractivity contribution is 5.66. The van der Waals surface area contributed by atoms with Gasteiger partial charge in [-0.25, -0.2) is 0 Å². The van der Waals surface area contributed by atoms with E-state index in [0.717, 1.165) is 0 Å². The van der Waals surface area contributed by atoms with Crippen LogP contribution >= 0.6 is 0 Å². The van der Waals surface area contributed by atoms with E-state index in [4.69, 9.17) is 5.11 Å². The third-order valence-electron chi connectivity index (χ3n) is 2.89. The molecule has 0 aliphatic carbocycles. The van der Waals surface area contributed by atoms with Gasteiger partial charge >= 0.3 is 5.97 Å². The van der Waals surface area contributed by atoms with E-state index < -0.39 is 5.97 Å². The van der Waals surface area contributed by atoms with Crippen molar-refractivity contribution < 1.29 is 9.90 Å². The molecule has 0 bridgehead atoms. The second kappa shape index (κ2) is 6.40. The van der Waals surface area contributed by atoms with Gasteiger partial charge in [-0.05, 0) is 24.0 Å². The first-order valence-electron chi connectivity index (χ1n) is 6.03. The molecule has 2 N–H and O–H groups in total. The quantitative estimate of drug-likeness (QED) is 0.797. The van der Waals surface area contributed by atoms with Gasteiger partial charge in [0, 0.05) is 12.6 Å². The number of carboxylic acid groups (broad SMARTS) is 1. The molecule has 0 aliphatic rings. The van der Waals surface area contributed by atoms with E-state index in [2.05, 4.69) is 38.2 Å². The van der Waals surface area contributed by atoms with Gasteiger partial charge < -0.3 is 10.4 Å². The number of benzene rings is 1. The van der Waals surface area contributed by atoms with Crippen LogP contribution < -0.4 is 5.32 Å². The largest absolute Gasteiger partial charge is 0.481 e. The van der Waals surface area contributed by atoms with Crippen LogP contribution in [0.4, 0.5) is 0 Å². The number of aliphatic carboxylic acids is 1. The Morgan fingerprint density at radius 1 is 1.35 bits per heavy atom. The average molecular weight is 235 g/mol. The molecule has 0 fully saturated rings. The lowest BCUT2D eigenvalue weighted by Gasteiger charge is -2.24. The highest BCUT2D eigenvalue weighted by Crippen LogP contribution is 2.24. The zero-order chi connectivity index (χ0) is 12.8. The van der Waals surface area contributed by atoms with Crippen molar-refractivity contribution in [2.45, 2.75) is 33.2 Å². The van der Waals surface area contributed by atoms with Crippen molar-refractivity contribution >= 4 is 5.97 Å². The van der Waals surface area contributed by atoms with Gasteiger partial charge in [0.25, 0.3) is 0 Å². The summed E-state index contributed by atoms with van der Waals surface area (Å²) in [6, 6.07) is 8.46. The molecule has 1 aromatic carbocycles. The highest BCUT2D eigenvalue weighted by atomic mass is 16.4. The standard InChI is InChI=1S/C14H21NO2/c1-10(2)14(15-9-8-13(16)17)12-7-5-4-6-11(12)3/h4-7,10,14-15H,8-9H2,1-3H3,(H,16,17). The maximum absolute atomic E-state index is 10.5. The topological polar surface area (TPSA) is 49.3 Å². The third-order valence-corrected chi connectivity index (χ3v) is 2.89. The average Bonchev–Trinajstić information content (AvgIpc) is 2.25. The lowest BCUT2D eigenvalue weighted by Crippen LogP contribution is -2.28. The van der Waals surface area contributed by atoms with Crippen molar-refractivity contribution in [3.8, 4) is 0 Å². The Morgan fingerprint density at radius 2 is 2.00 bits per heavy atom. The third kappa shape index (κ3) is 4.19. The molecule has 1 atom stereocenters. The zero-order valence-corrected chi connectivity index (χ0v) is 10.7. The predicted molar refractivity (Wildman–Crippen MR) is 69.0 cm³/mol. The molecule has 1 unspecified atom stereocenters. The molecule has 0 heterocycles. The summed E-state index contributed by atoms with van der Waals surface area (Å²) in [5, 5.41) is 12.0. The fraction of sp³-hybridized carbons (Fsp3) is 0.500. The van der Waals surface area contributed by atoms with Gasteiger partial charge in [0.2, 0.25) is 0 Å². The minimum Gasteiger partial charge on any atom is -0.481 e. The van der Waals surface area contributed by atoms with Crippen molar-refractivity contribution in [1.29, 1.82) is 0 Å². The van der Waals surface area contributed by atoms with E-state index in [0.29, 0.717) is 12.5 Å². The van der Waals surface area contributed by atoms with Gasteiger partial charge in [-0.2, -0.15) is 0 Å². The molecular formula is C14H21NO2. The minimum absolute atomic E-state index is 0.162. The molecule has 0 spiro atoms. The second-order valence-corrected chi connectivity index (χ2v) is 4.68. The number of hydrogen-bond acceptors (Lipinski definition) is 2. The number of rotatable bonds is 6. The number of hydrogen-bond donors (Lipinski definition) is 2. The first-order valence-corrected chi connectivity index (χ1v) is 6.03. The molecule has 3 nitrogen and oxygen atoms in total. The summed E-state index contributed by atoms with van der Waals surface area (Å²) >= 11 is 0. The van der Waals surface area contributed by atoms with E-state index in [1.165, 1.54) is 11.1 Å². The van der Waals surface area contributed by atoms with E-state index in [9.17, 15) is 4.79 Å². The monoisotopic (exact) mass is 235 g/mol. The molecule has 94 valence electrons.